The van der Waals surface area contributed by atoms with Crippen molar-refractivity contribution in [1.29, 1.82) is 0 Å². The first-order valence-electron chi connectivity index (χ1n) is 11.3. The third-order valence-electron chi connectivity index (χ3n) is 5.88. The first kappa shape index (κ1) is 30.3. The molecule has 40 heavy (non-hydrogen) atoms. The number of nitrogens with zero attached hydrogens (tertiary/aromatic N) is 2. The van der Waals surface area contributed by atoms with Crippen molar-refractivity contribution in [2.45, 2.75) is 23.4 Å². The summed E-state index contributed by atoms with van der Waals surface area (Å²) in [6, 6.07) is 11.7. The number of rotatable bonds is 6. The average molecular weight is 653 g/mol. The second-order valence-corrected chi connectivity index (χ2v) is 12.0. The van der Waals surface area contributed by atoms with Crippen LogP contribution in [-0.2, 0) is 18.0 Å². The number of amides is 2. The summed E-state index contributed by atoms with van der Waals surface area (Å²) in [5.41, 5.74) is -0.0811. The summed E-state index contributed by atoms with van der Waals surface area (Å²) in [7, 11) is 1.53. The van der Waals surface area contributed by atoms with Crippen molar-refractivity contribution in [3.05, 3.63) is 86.4 Å². The molecule has 0 spiro atoms. The predicted octanol–water partition coefficient (Wildman–Crippen LogP) is 8.72. The number of carbonyl (C=O) groups is 2. The number of alkyl halides is 5. The lowest BCUT2D eigenvalue weighted by atomic mass is 9.94. The van der Waals surface area contributed by atoms with E-state index in [9.17, 15) is 22.8 Å². The van der Waals surface area contributed by atoms with Gasteiger partial charge in [0.1, 0.15) is 4.33 Å². The number of benzene rings is 3. The molecule has 0 saturated heterocycles. The molecule has 2 amide bonds. The summed E-state index contributed by atoms with van der Waals surface area (Å²) in [6.07, 6.45) is -4.59. The van der Waals surface area contributed by atoms with Crippen LogP contribution < -0.4 is 10.6 Å². The van der Waals surface area contributed by atoms with E-state index in [4.69, 9.17) is 58.0 Å². The number of anilines is 2. The van der Waals surface area contributed by atoms with Crippen LogP contribution in [0.5, 0.6) is 0 Å². The first-order valence-corrected chi connectivity index (χ1v) is 13.2. The first-order chi connectivity index (χ1) is 18.5. The van der Waals surface area contributed by atoms with Gasteiger partial charge in [-0.3, -0.25) is 14.3 Å². The quantitative estimate of drug-likeness (QED) is 0.205. The summed E-state index contributed by atoms with van der Waals surface area (Å²) in [5, 5.41) is 9.93. The van der Waals surface area contributed by atoms with Gasteiger partial charge in [0, 0.05) is 28.2 Å². The molecule has 210 valence electrons. The molecule has 1 atom stereocenters. The Hall–Kier alpha value is -2.69. The molecule has 0 aliphatic rings. The number of fused-ring (bicyclic) bond motifs is 1. The maximum absolute atomic E-state index is 13.3. The van der Waals surface area contributed by atoms with Gasteiger partial charge in [-0.2, -0.15) is 18.3 Å². The van der Waals surface area contributed by atoms with Crippen LogP contribution in [0.3, 0.4) is 0 Å². The van der Waals surface area contributed by atoms with E-state index in [1.54, 1.807) is 0 Å². The molecule has 0 saturated carbocycles. The van der Waals surface area contributed by atoms with Gasteiger partial charge in [0.2, 0.25) is 5.91 Å². The molecule has 4 aromatic rings. The average Bonchev–Trinajstić information content (AvgIpc) is 3.12. The summed E-state index contributed by atoms with van der Waals surface area (Å²) in [5.74, 6) is -2.62. The molecule has 0 aliphatic heterocycles. The number of nitrogens with one attached hydrogen (secondary N) is 2. The fourth-order valence-corrected chi connectivity index (χ4v) is 5.31. The number of carbonyl (C=O) groups excluding carboxylic acids is 2. The SMILES string of the molecule is Cn1nc(NC(=O)c2cc(NC(=O)C(c3cc(Cl)cc(Cl)c3)C(C)(Cl)Cl)ccc2Cl)c2cc(C(F)(F)F)ccc21. The molecule has 0 radical (unpaired) electrons. The van der Waals surface area contributed by atoms with E-state index in [0.29, 0.717) is 11.1 Å². The standard InChI is InChI=1S/C26H18Cl5F3N4O2/c1-25(30,31)21(12-7-14(27)10-15(28)8-12)24(40)35-16-4-5-19(29)17(11-16)23(39)36-22-18-9-13(26(32,33)34)3-6-20(18)38(2)37-22/h3-11,21H,1-2H3,(H,35,40)(H,36,37,39). The molecule has 0 bridgehead atoms. The van der Waals surface area contributed by atoms with Crippen molar-refractivity contribution in [1.82, 2.24) is 9.78 Å². The number of aromatic nitrogens is 2. The van der Waals surface area contributed by atoms with E-state index in [1.165, 1.54) is 61.1 Å². The molecule has 0 aliphatic carbocycles. The van der Waals surface area contributed by atoms with Crippen molar-refractivity contribution in [2.24, 2.45) is 7.05 Å². The third kappa shape index (κ3) is 6.61. The van der Waals surface area contributed by atoms with Crippen LogP contribution in [0, 0.1) is 0 Å². The minimum atomic E-state index is -4.59. The fourth-order valence-electron chi connectivity index (χ4n) is 4.12. The van der Waals surface area contributed by atoms with Crippen LogP contribution in [0.2, 0.25) is 15.1 Å². The van der Waals surface area contributed by atoms with Gasteiger partial charge >= 0.3 is 6.18 Å². The van der Waals surface area contributed by atoms with Gasteiger partial charge in [-0.15, -0.1) is 23.2 Å². The van der Waals surface area contributed by atoms with E-state index in [1.807, 2.05) is 0 Å². The molecule has 14 heteroatoms. The lowest BCUT2D eigenvalue weighted by Gasteiger charge is -2.26. The van der Waals surface area contributed by atoms with Crippen LogP contribution in [0.25, 0.3) is 10.9 Å². The minimum absolute atomic E-state index is 0.0180. The highest BCUT2D eigenvalue weighted by atomic mass is 35.5. The Morgan fingerprint density at radius 1 is 0.925 bits per heavy atom. The maximum atomic E-state index is 13.3. The zero-order valence-corrected chi connectivity index (χ0v) is 24.3. The third-order valence-corrected chi connectivity index (χ3v) is 7.08. The normalized spacial score (nSPS) is 12.8. The lowest BCUT2D eigenvalue weighted by molar-refractivity contribution is -0.137. The van der Waals surface area contributed by atoms with E-state index in [0.717, 1.165) is 12.1 Å². The fraction of sp³-hybridized carbons (Fsp3) is 0.192. The Morgan fingerprint density at radius 3 is 2.17 bits per heavy atom. The predicted molar refractivity (Wildman–Crippen MR) is 153 cm³/mol. The van der Waals surface area contributed by atoms with Crippen LogP contribution in [0.15, 0.2) is 54.6 Å². The van der Waals surface area contributed by atoms with Gasteiger partial charge in [0.15, 0.2) is 5.82 Å². The summed E-state index contributed by atoms with van der Waals surface area (Å²) >= 11 is 31.1. The summed E-state index contributed by atoms with van der Waals surface area (Å²) in [4.78, 5) is 26.4. The maximum Gasteiger partial charge on any atom is 0.416 e. The highest BCUT2D eigenvalue weighted by Gasteiger charge is 2.38. The highest BCUT2D eigenvalue weighted by molar-refractivity contribution is 6.50. The van der Waals surface area contributed by atoms with Gasteiger partial charge in [0.25, 0.3) is 5.91 Å². The monoisotopic (exact) mass is 650 g/mol. The van der Waals surface area contributed by atoms with Crippen LogP contribution >= 0.6 is 58.0 Å². The van der Waals surface area contributed by atoms with Gasteiger partial charge in [-0.1, -0.05) is 34.8 Å². The largest absolute Gasteiger partial charge is 0.416 e. The Labute approximate surface area is 251 Å². The summed E-state index contributed by atoms with van der Waals surface area (Å²) < 4.78 is 39.5. The molecular weight excluding hydrogens is 635 g/mol. The van der Waals surface area contributed by atoms with Crippen LogP contribution in [0.4, 0.5) is 24.7 Å². The molecule has 1 heterocycles. The molecule has 3 aromatic carbocycles. The number of hydrogen-bond donors (Lipinski definition) is 2. The van der Waals surface area contributed by atoms with E-state index < -0.39 is 33.8 Å². The van der Waals surface area contributed by atoms with Gasteiger partial charge < -0.3 is 10.6 Å². The van der Waals surface area contributed by atoms with E-state index >= 15 is 0 Å². The van der Waals surface area contributed by atoms with Crippen molar-refractivity contribution in [2.75, 3.05) is 10.6 Å². The molecule has 6 nitrogen and oxygen atoms in total. The van der Waals surface area contributed by atoms with Gasteiger partial charge in [-0.25, -0.2) is 0 Å². The molecule has 1 unspecified atom stereocenters. The Balaban J connectivity index is 1.63. The number of aryl methyl sites for hydroxylation is 1. The van der Waals surface area contributed by atoms with Crippen molar-refractivity contribution in [3.8, 4) is 0 Å². The Bertz CT molecular complexity index is 1610. The smallest absolute Gasteiger partial charge is 0.325 e. The van der Waals surface area contributed by atoms with E-state index in [2.05, 4.69) is 15.7 Å². The summed E-state index contributed by atoms with van der Waals surface area (Å²) in [6.45, 7) is 1.43. The number of hydrogen-bond acceptors (Lipinski definition) is 3. The van der Waals surface area contributed by atoms with Gasteiger partial charge in [-0.05, 0) is 67.1 Å². The zero-order chi connectivity index (χ0) is 29.6. The van der Waals surface area contributed by atoms with Crippen molar-refractivity contribution < 1.29 is 22.8 Å². The minimum Gasteiger partial charge on any atom is -0.325 e. The second-order valence-electron chi connectivity index (χ2n) is 8.93. The second kappa shape index (κ2) is 11.3. The highest BCUT2D eigenvalue weighted by Crippen LogP contribution is 2.40. The van der Waals surface area contributed by atoms with Crippen molar-refractivity contribution >= 4 is 92.2 Å². The molecule has 0 fully saturated rings. The molecular formula is C26H18Cl5F3N4O2. The van der Waals surface area contributed by atoms with E-state index in [-0.39, 0.29) is 37.5 Å². The Morgan fingerprint density at radius 2 is 1.57 bits per heavy atom. The molecule has 2 N–H and O–H groups in total. The van der Waals surface area contributed by atoms with Crippen molar-refractivity contribution in [3.63, 3.8) is 0 Å². The molecule has 4 rings (SSSR count). The lowest BCUT2D eigenvalue weighted by Crippen LogP contribution is -2.32. The number of halogens is 8. The topological polar surface area (TPSA) is 76.0 Å². The Kier molecular flexibility index (Phi) is 8.55. The molecule has 1 aromatic heterocycles. The van der Waals surface area contributed by atoms with Crippen LogP contribution in [0.1, 0.15) is 34.3 Å². The van der Waals surface area contributed by atoms with Crippen LogP contribution in [-0.4, -0.2) is 25.9 Å². The zero-order valence-electron chi connectivity index (χ0n) is 20.5. The van der Waals surface area contributed by atoms with Gasteiger partial charge in [0.05, 0.1) is 27.6 Å².